The van der Waals surface area contributed by atoms with Crippen LogP contribution in [0.1, 0.15) is 28.4 Å². The smallest absolute Gasteiger partial charge is 0.305 e. The molecule has 0 radical (unpaired) electrons. The second-order valence-corrected chi connectivity index (χ2v) is 5.68. The third-order valence-corrected chi connectivity index (χ3v) is 3.86. The number of ether oxygens (including phenoxy) is 2. The van der Waals surface area contributed by atoms with Crippen molar-refractivity contribution >= 4 is 23.5 Å². The highest BCUT2D eigenvalue weighted by Gasteiger charge is 2.21. The van der Waals surface area contributed by atoms with Crippen LogP contribution in [-0.2, 0) is 4.79 Å². The van der Waals surface area contributed by atoms with Crippen molar-refractivity contribution in [1.29, 1.82) is 0 Å². The van der Waals surface area contributed by atoms with E-state index in [0.717, 1.165) is 0 Å². The van der Waals surface area contributed by atoms with E-state index < -0.39 is 17.9 Å². The van der Waals surface area contributed by atoms with Gasteiger partial charge in [0.15, 0.2) is 0 Å². The molecule has 1 atom stereocenters. The summed E-state index contributed by atoms with van der Waals surface area (Å²) in [6.45, 7) is 0. The van der Waals surface area contributed by atoms with Crippen LogP contribution < -0.4 is 14.8 Å². The van der Waals surface area contributed by atoms with E-state index in [-0.39, 0.29) is 12.0 Å². The molecule has 0 saturated heterocycles. The van der Waals surface area contributed by atoms with Gasteiger partial charge in [0.25, 0.3) is 5.91 Å². The average molecular weight is 364 g/mol. The molecule has 0 aliphatic carbocycles. The molecule has 25 heavy (non-hydrogen) atoms. The van der Waals surface area contributed by atoms with Gasteiger partial charge in [-0.25, -0.2) is 0 Å². The van der Waals surface area contributed by atoms with E-state index in [2.05, 4.69) is 5.32 Å². The number of carbonyl (C=O) groups is 2. The molecule has 0 aliphatic heterocycles. The van der Waals surface area contributed by atoms with Gasteiger partial charge >= 0.3 is 5.97 Å². The molecule has 2 aromatic carbocycles. The molecule has 132 valence electrons. The average Bonchev–Trinajstić information content (AvgIpc) is 2.60. The Kier molecular flexibility index (Phi) is 6.25. The fourth-order valence-corrected chi connectivity index (χ4v) is 2.47. The summed E-state index contributed by atoms with van der Waals surface area (Å²) in [4.78, 5) is 23.8. The lowest BCUT2D eigenvalue weighted by Crippen LogP contribution is -2.30. The summed E-state index contributed by atoms with van der Waals surface area (Å²) < 4.78 is 10.3. The molecule has 6 nitrogen and oxygen atoms in total. The minimum atomic E-state index is -1.03. The number of carbonyl (C=O) groups excluding carboxylic acids is 1. The first kappa shape index (κ1) is 18.6. The zero-order valence-electron chi connectivity index (χ0n) is 13.8. The van der Waals surface area contributed by atoms with Gasteiger partial charge in [-0.15, -0.1) is 0 Å². The van der Waals surface area contributed by atoms with Crippen LogP contribution in [0.15, 0.2) is 42.5 Å². The monoisotopic (exact) mass is 363 g/mol. The van der Waals surface area contributed by atoms with E-state index in [1.807, 2.05) is 0 Å². The zero-order valence-corrected chi connectivity index (χ0v) is 14.5. The summed E-state index contributed by atoms with van der Waals surface area (Å²) in [7, 11) is 2.96. The molecule has 1 amide bonds. The van der Waals surface area contributed by atoms with Crippen molar-refractivity contribution in [1.82, 2.24) is 5.32 Å². The number of methoxy groups -OCH3 is 2. The Morgan fingerprint density at radius 2 is 1.80 bits per heavy atom. The molecule has 2 aromatic rings. The minimum absolute atomic E-state index is 0.258. The molecule has 2 rings (SSSR count). The Morgan fingerprint density at radius 3 is 2.36 bits per heavy atom. The Balaban J connectivity index is 2.27. The molecular formula is C18H18ClNO5. The first-order chi connectivity index (χ1) is 11.9. The van der Waals surface area contributed by atoms with Crippen molar-refractivity contribution in [2.75, 3.05) is 14.2 Å². The lowest BCUT2D eigenvalue weighted by molar-refractivity contribution is -0.137. The second-order valence-electron chi connectivity index (χ2n) is 5.24. The van der Waals surface area contributed by atoms with E-state index in [1.165, 1.54) is 14.2 Å². The van der Waals surface area contributed by atoms with Crippen molar-refractivity contribution in [3.8, 4) is 11.5 Å². The maximum Gasteiger partial charge on any atom is 0.305 e. The molecule has 0 heterocycles. The SMILES string of the molecule is COc1ccc(C(=O)N[C@H](CC(=O)O)c2ccc(Cl)cc2)c(OC)c1. The van der Waals surface area contributed by atoms with Gasteiger partial charge in [0, 0.05) is 11.1 Å². The van der Waals surface area contributed by atoms with Crippen LogP contribution in [0.4, 0.5) is 0 Å². The van der Waals surface area contributed by atoms with Gasteiger partial charge < -0.3 is 19.9 Å². The van der Waals surface area contributed by atoms with Crippen molar-refractivity contribution in [2.45, 2.75) is 12.5 Å². The summed E-state index contributed by atoms with van der Waals surface area (Å²) in [5.74, 6) is -0.585. The molecule has 0 aliphatic rings. The number of amides is 1. The number of hydrogen-bond acceptors (Lipinski definition) is 4. The number of halogens is 1. The summed E-state index contributed by atoms with van der Waals surface area (Å²) in [5.41, 5.74) is 0.931. The van der Waals surface area contributed by atoms with Crippen LogP contribution in [0.5, 0.6) is 11.5 Å². The Bertz CT molecular complexity index is 761. The highest BCUT2D eigenvalue weighted by atomic mass is 35.5. The molecular weight excluding hydrogens is 346 g/mol. The largest absolute Gasteiger partial charge is 0.497 e. The summed E-state index contributed by atoms with van der Waals surface area (Å²) in [5, 5.41) is 12.4. The standard InChI is InChI=1S/C18H18ClNO5/c1-24-13-7-8-14(16(9-13)25-2)18(23)20-15(10-17(21)22)11-3-5-12(19)6-4-11/h3-9,15H,10H2,1-2H3,(H,20,23)(H,21,22)/t15-/m1/s1. The molecule has 0 saturated carbocycles. The van der Waals surface area contributed by atoms with Gasteiger partial charge in [0.1, 0.15) is 11.5 Å². The molecule has 0 fully saturated rings. The Morgan fingerprint density at radius 1 is 1.12 bits per heavy atom. The van der Waals surface area contributed by atoms with Crippen LogP contribution >= 0.6 is 11.6 Å². The van der Waals surface area contributed by atoms with E-state index >= 15 is 0 Å². The van der Waals surface area contributed by atoms with Crippen LogP contribution in [0, 0.1) is 0 Å². The maximum absolute atomic E-state index is 12.6. The molecule has 0 unspecified atom stereocenters. The number of rotatable bonds is 7. The van der Waals surface area contributed by atoms with Gasteiger partial charge in [0.2, 0.25) is 0 Å². The van der Waals surface area contributed by atoms with Crippen LogP contribution in [0.2, 0.25) is 5.02 Å². The quantitative estimate of drug-likeness (QED) is 0.788. The Hall–Kier alpha value is -2.73. The number of carboxylic acids is 1. The van der Waals surface area contributed by atoms with E-state index in [1.54, 1.807) is 42.5 Å². The van der Waals surface area contributed by atoms with E-state index in [0.29, 0.717) is 22.1 Å². The normalized spacial score (nSPS) is 11.5. The highest BCUT2D eigenvalue weighted by molar-refractivity contribution is 6.30. The minimum Gasteiger partial charge on any atom is -0.497 e. The van der Waals surface area contributed by atoms with Crippen molar-refractivity contribution in [3.05, 3.63) is 58.6 Å². The number of benzene rings is 2. The maximum atomic E-state index is 12.6. The molecule has 7 heteroatoms. The molecule has 0 spiro atoms. The molecule has 2 N–H and O–H groups in total. The Labute approximate surface area is 150 Å². The zero-order chi connectivity index (χ0) is 18.4. The van der Waals surface area contributed by atoms with Crippen molar-refractivity contribution in [3.63, 3.8) is 0 Å². The first-order valence-electron chi connectivity index (χ1n) is 7.44. The lowest BCUT2D eigenvalue weighted by Gasteiger charge is -2.19. The third kappa shape index (κ3) is 4.87. The number of nitrogens with one attached hydrogen (secondary N) is 1. The number of aliphatic carboxylic acids is 1. The highest BCUT2D eigenvalue weighted by Crippen LogP contribution is 2.26. The summed E-state index contributed by atoms with van der Waals surface area (Å²) in [6.07, 6.45) is -0.258. The van der Waals surface area contributed by atoms with Crippen molar-refractivity contribution < 1.29 is 24.2 Å². The topological polar surface area (TPSA) is 84.9 Å². The first-order valence-corrected chi connectivity index (χ1v) is 7.82. The third-order valence-electron chi connectivity index (χ3n) is 3.61. The number of carboxylic acid groups (broad SMARTS) is 1. The fraction of sp³-hybridized carbons (Fsp3) is 0.222. The van der Waals surface area contributed by atoms with E-state index in [4.69, 9.17) is 26.2 Å². The van der Waals surface area contributed by atoms with Crippen LogP contribution in [0.25, 0.3) is 0 Å². The van der Waals surface area contributed by atoms with E-state index in [9.17, 15) is 9.59 Å². The lowest BCUT2D eigenvalue weighted by atomic mass is 10.0. The second kappa shape index (κ2) is 8.39. The van der Waals surface area contributed by atoms with Gasteiger partial charge in [-0.05, 0) is 29.8 Å². The van der Waals surface area contributed by atoms with Crippen LogP contribution in [0.3, 0.4) is 0 Å². The fourth-order valence-electron chi connectivity index (χ4n) is 2.34. The predicted octanol–water partition coefficient (Wildman–Crippen LogP) is 3.30. The van der Waals surface area contributed by atoms with Gasteiger partial charge in [-0.1, -0.05) is 23.7 Å². The van der Waals surface area contributed by atoms with Gasteiger partial charge in [0.05, 0.1) is 32.2 Å². The van der Waals surface area contributed by atoms with Gasteiger partial charge in [-0.3, -0.25) is 9.59 Å². The van der Waals surface area contributed by atoms with Gasteiger partial charge in [-0.2, -0.15) is 0 Å². The molecule has 0 bridgehead atoms. The van der Waals surface area contributed by atoms with Crippen molar-refractivity contribution in [2.24, 2.45) is 0 Å². The summed E-state index contributed by atoms with van der Waals surface area (Å²) in [6, 6.07) is 10.7. The molecule has 0 aromatic heterocycles. The van der Waals surface area contributed by atoms with Crippen LogP contribution in [-0.4, -0.2) is 31.2 Å². The number of hydrogen-bond donors (Lipinski definition) is 2. The predicted molar refractivity (Wildman–Crippen MR) is 93.5 cm³/mol. The summed E-state index contributed by atoms with van der Waals surface area (Å²) >= 11 is 5.86.